The van der Waals surface area contributed by atoms with E-state index in [-0.39, 0.29) is 5.69 Å². The normalized spacial score (nSPS) is 11.9. The van der Waals surface area contributed by atoms with Gasteiger partial charge in [0.25, 0.3) is 5.91 Å². The minimum Gasteiger partial charge on any atom is -0.481 e. The Morgan fingerprint density at radius 3 is 2.43 bits per heavy atom. The number of hydrogen-bond acceptors (Lipinski definition) is 2. The summed E-state index contributed by atoms with van der Waals surface area (Å²) in [6.07, 6.45) is -0.271. The molecule has 0 aliphatic rings. The SMILES string of the molecule is CC[C@@H](Oc1ccc(C)c(C)c1)C(=O)Nc1ccc(F)c(F)c1. The van der Waals surface area contributed by atoms with Crippen LogP contribution in [0.2, 0.25) is 0 Å². The molecule has 1 amide bonds. The van der Waals surface area contributed by atoms with Crippen molar-refractivity contribution in [2.45, 2.75) is 33.3 Å². The fourth-order valence-electron chi connectivity index (χ4n) is 2.07. The van der Waals surface area contributed by atoms with E-state index >= 15 is 0 Å². The van der Waals surface area contributed by atoms with Crippen molar-refractivity contribution in [2.75, 3.05) is 5.32 Å². The molecular formula is C18H19F2NO2. The molecule has 122 valence electrons. The van der Waals surface area contributed by atoms with Gasteiger partial charge in [-0.05, 0) is 55.7 Å². The first-order valence-corrected chi connectivity index (χ1v) is 7.40. The number of carbonyl (C=O) groups is 1. The molecule has 3 nitrogen and oxygen atoms in total. The summed E-state index contributed by atoms with van der Waals surface area (Å²) in [5, 5.41) is 2.54. The van der Waals surface area contributed by atoms with Gasteiger partial charge >= 0.3 is 0 Å². The summed E-state index contributed by atoms with van der Waals surface area (Å²) in [7, 11) is 0. The summed E-state index contributed by atoms with van der Waals surface area (Å²) in [6.45, 7) is 5.77. The number of anilines is 1. The van der Waals surface area contributed by atoms with Crippen LogP contribution in [-0.4, -0.2) is 12.0 Å². The number of ether oxygens (including phenoxy) is 1. The first-order valence-electron chi connectivity index (χ1n) is 7.40. The zero-order chi connectivity index (χ0) is 17.0. The summed E-state index contributed by atoms with van der Waals surface area (Å²) in [5.74, 6) is -1.77. The van der Waals surface area contributed by atoms with Gasteiger partial charge in [0.2, 0.25) is 0 Å². The molecule has 2 rings (SSSR count). The number of amides is 1. The van der Waals surface area contributed by atoms with Crippen molar-refractivity contribution in [3.63, 3.8) is 0 Å². The Hall–Kier alpha value is -2.43. The highest BCUT2D eigenvalue weighted by atomic mass is 19.2. The predicted molar refractivity (Wildman–Crippen MR) is 85.6 cm³/mol. The predicted octanol–water partition coefficient (Wildman–Crippen LogP) is 4.38. The molecule has 23 heavy (non-hydrogen) atoms. The molecule has 0 fully saturated rings. The second kappa shape index (κ2) is 7.22. The third-order valence-electron chi connectivity index (χ3n) is 3.61. The van der Waals surface area contributed by atoms with Crippen LogP contribution in [0.1, 0.15) is 24.5 Å². The Bertz CT molecular complexity index is 716. The van der Waals surface area contributed by atoms with E-state index < -0.39 is 23.6 Å². The van der Waals surface area contributed by atoms with Crippen LogP contribution >= 0.6 is 0 Å². The molecule has 0 aliphatic heterocycles. The Morgan fingerprint density at radius 1 is 1.09 bits per heavy atom. The molecule has 0 spiro atoms. The van der Waals surface area contributed by atoms with Gasteiger partial charge in [-0.15, -0.1) is 0 Å². The zero-order valence-electron chi connectivity index (χ0n) is 13.3. The van der Waals surface area contributed by atoms with Crippen molar-refractivity contribution in [1.29, 1.82) is 0 Å². The average molecular weight is 319 g/mol. The van der Waals surface area contributed by atoms with Gasteiger partial charge in [0.15, 0.2) is 17.7 Å². The highest BCUT2D eigenvalue weighted by Gasteiger charge is 2.19. The van der Waals surface area contributed by atoms with E-state index in [9.17, 15) is 13.6 Å². The minimum atomic E-state index is -1.01. The van der Waals surface area contributed by atoms with Gasteiger partial charge in [0.05, 0.1) is 0 Å². The van der Waals surface area contributed by atoms with Crippen LogP contribution in [0.4, 0.5) is 14.5 Å². The summed E-state index contributed by atoms with van der Waals surface area (Å²) in [6, 6.07) is 8.80. The topological polar surface area (TPSA) is 38.3 Å². The average Bonchev–Trinajstić information content (AvgIpc) is 2.52. The third kappa shape index (κ3) is 4.28. The van der Waals surface area contributed by atoms with Crippen LogP contribution in [0.3, 0.4) is 0 Å². The van der Waals surface area contributed by atoms with Crippen LogP contribution in [0.15, 0.2) is 36.4 Å². The van der Waals surface area contributed by atoms with E-state index in [0.717, 1.165) is 23.3 Å². The van der Waals surface area contributed by atoms with Gasteiger partial charge in [-0.3, -0.25) is 4.79 Å². The fraction of sp³-hybridized carbons (Fsp3) is 0.278. The van der Waals surface area contributed by atoms with Crippen LogP contribution in [0, 0.1) is 25.5 Å². The second-order valence-corrected chi connectivity index (χ2v) is 5.38. The quantitative estimate of drug-likeness (QED) is 0.888. The maximum atomic E-state index is 13.2. The molecular weight excluding hydrogens is 300 g/mol. The monoisotopic (exact) mass is 319 g/mol. The van der Waals surface area contributed by atoms with Crippen LogP contribution < -0.4 is 10.1 Å². The van der Waals surface area contributed by atoms with Crippen LogP contribution in [0.25, 0.3) is 0 Å². The van der Waals surface area contributed by atoms with Gasteiger partial charge in [-0.2, -0.15) is 0 Å². The molecule has 2 aromatic rings. The first-order chi connectivity index (χ1) is 10.9. The molecule has 1 atom stereocenters. The van der Waals surface area contributed by atoms with Crippen LogP contribution in [0.5, 0.6) is 5.75 Å². The lowest BCUT2D eigenvalue weighted by Gasteiger charge is -2.18. The summed E-state index contributed by atoms with van der Waals surface area (Å²) < 4.78 is 31.8. The van der Waals surface area contributed by atoms with Crippen molar-refractivity contribution < 1.29 is 18.3 Å². The molecule has 2 aromatic carbocycles. The van der Waals surface area contributed by atoms with E-state index in [4.69, 9.17) is 4.74 Å². The van der Waals surface area contributed by atoms with E-state index in [0.29, 0.717) is 12.2 Å². The smallest absolute Gasteiger partial charge is 0.265 e. The van der Waals surface area contributed by atoms with Crippen molar-refractivity contribution in [2.24, 2.45) is 0 Å². The molecule has 1 N–H and O–H groups in total. The fourth-order valence-corrected chi connectivity index (χ4v) is 2.07. The lowest BCUT2D eigenvalue weighted by atomic mass is 10.1. The first kappa shape index (κ1) is 16.9. The third-order valence-corrected chi connectivity index (χ3v) is 3.61. The molecule has 0 unspecified atom stereocenters. The minimum absolute atomic E-state index is 0.191. The summed E-state index contributed by atoms with van der Waals surface area (Å²) in [4.78, 5) is 12.2. The zero-order valence-corrected chi connectivity index (χ0v) is 13.3. The lowest BCUT2D eigenvalue weighted by Crippen LogP contribution is -2.32. The van der Waals surface area contributed by atoms with Gasteiger partial charge in [0, 0.05) is 11.8 Å². The lowest BCUT2D eigenvalue weighted by molar-refractivity contribution is -0.122. The van der Waals surface area contributed by atoms with E-state index in [2.05, 4.69) is 5.32 Å². The summed E-state index contributed by atoms with van der Waals surface area (Å²) >= 11 is 0. The Kier molecular flexibility index (Phi) is 5.32. The largest absolute Gasteiger partial charge is 0.481 e. The highest BCUT2D eigenvalue weighted by molar-refractivity contribution is 5.94. The van der Waals surface area contributed by atoms with Gasteiger partial charge in [-0.25, -0.2) is 8.78 Å². The molecule has 0 radical (unpaired) electrons. The molecule has 0 saturated heterocycles. The number of aryl methyl sites for hydroxylation is 2. The van der Waals surface area contributed by atoms with Gasteiger partial charge in [-0.1, -0.05) is 13.0 Å². The molecule has 0 saturated carbocycles. The van der Waals surface area contributed by atoms with Gasteiger partial charge in [0.1, 0.15) is 5.75 Å². The van der Waals surface area contributed by atoms with E-state index in [1.807, 2.05) is 32.9 Å². The highest BCUT2D eigenvalue weighted by Crippen LogP contribution is 2.20. The molecule has 5 heteroatoms. The Balaban J connectivity index is 2.08. The summed E-state index contributed by atoms with van der Waals surface area (Å²) in [5.41, 5.74) is 2.39. The van der Waals surface area contributed by atoms with E-state index in [1.165, 1.54) is 6.07 Å². The number of rotatable bonds is 5. The number of halogens is 2. The van der Waals surface area contributed by atoms with E-state index in [1.54, 1.807) is 6.07 Å². The molecule has 0 bridgehead atoms. The Labute approximate surface area is 134 Å². The molecule has 0 aromatic heterocycles. The van der Waals surface area contributed by atoms with Crippen molar-refractivity contribution in [3.8, 4) is 5.75 Å². The number of benzene rings is 2. The standard InChI is InChI=1S/C18H19F2NO2/c1-4-17(23-14-7-5-11(2)12(3)9-14)18(22)21-13-6-8-15(19)16(20)10-13/h5-10,17H,4H2,1-3H3,(H,21,22)/t17-/m1/s1. The second-order valence-electron chi connectivity index (χ2n) is 5.38. The Morgan fingerprint density at radius 2 is 1.83 bits per heavy atom. The van der Waals surface area contributed by atoms with Crippen molar-refractivity contribution in [1.82, 2.24) is 0 Å². The molecule has 0 aliphatic carbocycles. The molecule has 0 heterocycles. The van der Waals surface area contributed by atoms with Gasteiger partial charge < -0.3 is 10.1 Å². The number of nitrogens with one attached hydrogen (secondary N) is 1. The maximum Gasteiger partial charge on any atom is 0.265 e. The van der Waals surface area contributed by atoms with Crippen molar-refractivity contribution in [3.05, 3.63) is 59.2 Å². The van der Waals surface area contributed by atoms with Crippen LogP contribution in [-0.2, 0) is 4.79 Å². The maximum absolute atomic E-state index is 13.2. The van der Waals surface area contributed by atoms with Crippen molar-refractivity contribution >= 4 is 11.6 Å². The number of hydrogen-bond donors (Lipinski definition) is 1. The number of carbonyl (C=O) groups excluding carboxylic acids is 1.